The van der Waals surface area contributed by atoms with Crippen LogP contribution in [0, 0.1) is 5.92 Å². The topological polar surface area (TPSA) is 0 Å². The van der Waals surface area contributed by atoms with E-state index in [1.54, 1.807) is 0 Å². The van der Waals surface area contributed by atoms with Gasteiger partial charge in [-0.3, -0.25) is 0 Å². The average molecular weight is 158 g/mol. The lowest BCUT2D eigenvalue weighted by molar-refractivity contribution is 0.522. The van der Waals surface area contributed by atoms with E-state index in [1.165, 1.54) is 0 Å². The van der Waals surface area contributed by atoms with Crippen LogP contribution in [0.25, 0.3) is 0 Å². The molecule has 0 aromatic rings. The van der Waals surface area contributed by atoms with Gasteiger partial charge in [0, 0.05) is 12.5 Å². The number of rotatable bonds is 1. The maximum Gasteiger partial charge on any atom is 0.125 e. The monoisotopic (exact) mass is 158 g/mol. The van der Waals surface area contributed by atoms with Crippen molar-refractivity contribution >= 4 is 0 Å². The standard InChI is InChI=1S/C9H12F2/c1-6(2)8-4-3-7(10)5-9(8)11/h5-6H,3-4H2,1-2H3. The maximum absolute atomic E-state index is 12.9. The molecular formula is C9H12F2. The molecule has 0 aliphatic heterocycles. The zero-order valence-electron chi connectivity index (χ0n) is 6.82. The number of hydrogen-bond acceptors (Lipinski definition) is 0. The van der Waals surface area contributed by atoms with Crippen molar-refractivity contribution in [3.8, 4) is 0 Å². The first-order valence-corrected chi connectivity index (χ1v) is 3.86. The fourth-order valence-corrected chi connectivity index (χ4v) is 1.24. The van der Waals surface area contributed by atoms with Crippen LogP contribution in [0.5, 0.6) is 0 Å². The Morgan fingerprint density at radius 3 is 2.36 bits per heavy atom. The zero-order chi connectivity index (χ0) is 8.43. The number of allylic oxidation sites excluding steroid dienone is 4. The van der Waals surface area contributed by atoms with E-state index in [9.17, 15) is 8.78 Å². The van der Waals surface area contributed by atoms with Gasteiger partial charge in [0.2, 0.25) is 0 Å². The normalized spacial score (nSPS) is 19.2. The van der Waals surface area contributed by atoms with Crippen molar-refractivity contribution in [3.63, 3.8) is 0 Å². The minimum Gasteiger partial charge on any atom is -0.212 e. The molecule has 0 radical (unpaired) electrons. The van der Waals surface area contributed by atoms with Gasteiger partial charge in [-0.15, -0.1) is 0 Å². The van der Waals surface area contributed by atoms with Crippen molar-refractivity contribution in [2.75, 3.05) is 0 Å². The van der Waals surface area contributed by atoms with E-state index in [1.807, 2.05) is 13.8 Å². The fraction of sp³-hybridized carbons (Fsp3) is 0.556. The Morgan fingerprint density at radius 1 is 1.27 bits per heavy atom. The molecular weight excluding hydrogens is 146 g/mol. The predicted molar refractivity (Wildman–Crippen MR) is 41.4 cm³/mol. The zero-order valence-corrected chi connectivity index (χ0v) is 6.82. The molecule has 2 heteroatoms. The van der Waals surface area contributed by atoms with Crippen LogP contribution in [0.3, 0.4) is 0 Å². The van der Waals surface area contributed by atoms with Crippen LogP contribution in [-0.4, -0.2) is 0 Å². The molecule has 1 rings (SSSR count). The van der Waals surface area contributed by atoms with E-state index >= 15 is 0 Å². The molecule has 1 aliphatic rings. The molecule has 0 nitrogen and oxygen atoms in total. The van der Waals surface area contributed by atoms with Gasteiger partial charge in [-0.2, -0.15) is 0 Å². The summed E-state index contributed by atoms with van der Waals surface area (Å²) >= 11 is 0. The van der Waals surface area contributed by atoms with Crippen LogP contribution in [-0.2, 0) is 0 Å². The van der Waals surface area contributed by atoms with Crippen molar-refractivity contribution in [1.29, 1.82) is 0 Å². The Labute approximate surface area is 65.6 Å². The lowest BCUT2D eigenvalue weighted by Crippen LogP contribution is -2.00. The highest BCUT2D eigenvalue weighted by atomic mass is 19.1. The summed E-state index contributed by atoms with van der Waals surface area (Å²) in [7, 11) is 0. The summed E-state index contributed by atoms with van der Waals surface area (Å²) < 4.78 is 25.4. The molecule has 1 aliphatic carbocycles. The molecule has 0 atom stereocenters. The van der Waals surface area contributed by atoms with Gasteiger partial charge >= 0.3 is 0 Å². The molecule has 0 saturated heterocycles. The maximum atomic E-state index is 12.9. The van der Waals surface area contributed by atoms with Gasteiger partial charge in [0.15, 0.2) is 0 Å². The summed E-state index contributed by atoms with van der Waals surface area (Å²) in [6.45, 7) is 3.85. The molecule has 0 heterocycles. The van der Waals surface area contributed by atoms with Crippen LogP contribution in [0.1, 0.15) is 26.7 Å². The molecule has 0 spiro atoms. The summed E-state index contributed by atoms with van der Waals surface area (Å²) in [5, 5.41) is 0. The summed E-state index contributed by atoms with van der Waals surface area (Å²) in [6.07, 6.45) is 1.89. The highest BCUT2D eigenvalue weighted by Crippen LogP contribution is 2.29. The van der Waals surface area contributed by atoms with E-state index in [0.717, 1.165) is 11.6 Å². The summed E-state index contributed by atoms with van der Waals surface area (Å²) in [5.41, 5.74) is 0.742. The highest BCUT2D eigenvalue weighted by Gasteiger charge is 2.15. The molecule has 0 bridgehead atoms. The lowest BCUT2D eigenvalue weighted by atomic mass is 9.94. The summed E-state index contributed by atoms with van der Waals surface area (Å²) in [4.78, 5) is 0. The van der Waals surface area contributed by atoms with Crippen molar-refractivity contribution in [3.05, 3.63) is 23.3 Å². The third-order valence-corrected chi connectivity index (χ3v) is 1.92. The summed E-state index contributed by atoms with van der Waals surface area (Å²) in [6, 6.07) is 0. The van der Waals surface area contributed by atoms with Crippen LogP contribution in [0.15, 0.2) is 23.3 Å². The van der Waals surface area contributed by atoms with Gasteiger partial charge in [0.05, 0.1) is 0 Å². The average Bonchev–Trinajstić information content (AvgIpc) is 1.85. The van der Waals surface area contributed by atoms with Gasteiger partial charge in [0.1, 0.15) is 11.7 Å². The largest absolute Gasteiger partial charge is 0.212 e. The molecule has 62 valence electrons. The molecule has 0 aromatic carbocycles. The van der Waals surface area contributed by atoms with Crippen molar-refractivity contribution in [2.24, 2.45) is 5.92 Å². The Bertz CT molecular complexity index is 212. The van der Waals surface area contributed by atoms with Crippen molar-refractivity contribution in [2.45, 2.75) is 26.7 Å². The Balaban J connectivity index is 2.86. The van der Waals surface area contributed by atoms with Gasteiger partial charge in [-0.1, -0.05) is 13.8 Å². The third kappa shape index (κ3) is 1.88. The van der Waals surface area contributed by atoms with Crippen molar-refractivity contribution in [1.82, 2.24) is 0 Å². The molecule has 0 N–H and O–H groups in total. The molecule has 0 amide bonds. The van der Waals surface area contributed by atoms with Gasteiger partial charge in [-0.25, -0.2) is 8.78 Å². The lowest BCUT2D eigenvalue weighted by Gasteiger charge is -2.14. The van der Waals surface area contributed by atoms with Crippen LogP contribution in [0.4, 0.5) is 8.78 Å². The van der Waals surface area contributed by atoms with E-state index in [0.29, 0.717) is 12.8 Å². The fourth-order valence-electron chi connectivity index (χ4n) is 1.24. The molecule has 11 heavy (non-hydrogen) atoms. The minimum absolute atomic E-state index is 0.194. The quantitative estimate of drug-likeness (QED) is 0.547. The smallest absolute Gasteiger partial charge is 0.125 e. The van der Waals surface area contributed by atoms with E-state index in [4.69, 9.17) is 0 Å². The molecule has 0 unspecified atom stereocenters. The number of halogens is 2. The second-order valence-corrected chi connectivity index (χ2v) is 3.12. The van der Waals surface area contributed by atoms with E-state index in [2.05, 4.69) is 0 Å². The van der Waals surface area contributed by atoms with E-state index in [-0.39, 0.29) is 17.6 Å². The molecule has 0 saturated carbocycles. The van der Waals surface area contributed by atoms with Gasteiger partial charge in [0.25, 0.3) is 0 Å². The number of hydrogen-bond donors (Lipinski definition) is 0. The molecule has 0 fully saturated rings. The Morgan fingerprint density at radius 2 is 1.91 bits per heavy atom. The Kier molecular flexibility index (Phi) is 2.42. The van der Waals surface area contributed by atoms with Crippen LogP contribution in [0.2, 0.25) is 0 Å². The second-order valence-electron chi connectivity index (χ2n) is 3.12. The first kappa shape index (κ1) is 8.44. The predicted octanol–water partition coefficient (Wildman–Crippen LogP) is 3.51. The SMILES string of the molecule is CC(C)C1=C(F)C=C(F)CC1. The third-order valence-electron chi connectivity index (χ3n) is 1.92. The first-order valence-electron chi connectivity index (χ1n) is 3.86. The first-order chi connectivity index (χ1) is 5.11. The van der Waals surface area contributed by atoms with Crippen LogP contribution >= 0.6 is 0 Å². The van der Waals surface area contributed by atoms with E-state index < -0.39 is 0 Å². The second kappa shape index (κ2) is 3.16. The molecule has 0 aromatic heterocycles. The Hall–Kier alpha value is -0.660. The van der Waals surface area contributed by atoms with Crippen LogP contribution < -0.4 is 0 Å². The van der Waals surface area contributed by atoms with Crippen molar-refractivity contribution < 1.29 is 8.78 Å². The van der Waals surface area contributed by atoms with Gasteiger partial charge in [-0.05, 0) is 17.9 Å². The summed E-state index contributed by atoms with van der Waals surface area (Å²) in [5.74, 6) is -0.519. The highest BCUT2D eigenvalue weighted by molar-refractivity contribution is 5.27. The van der Waals surface area contributed by atoms with Gasteiger partial charge < -0.3 is 0 Å². The minimum atomic E-state index is -0.372.